The minimum atomic E-state index is -0.306. The topological polar surface area (TPSA) is 64.3 Å². The average molecular weight is 325 g/mol. The van der Waals surface area contributed by atoms with Gasteiger partial charge in [0, 0.05) is 11.4 Å². The number of nitrogens with two attached hydrogens (primary N) is 1. The molecular weight excluding hydrogens is 311 g/mol. The second-order valence-electron chi connectivity index (χ2n) is 4.46. The van der Waals surface area contributed by atoms with E-state index in [0.717, 1.165) is 5.56 Å². The number of rotatable bonds is 4. The van der Waals surface area contributed by atoms with Crippen molar-refractivity contribution < 1.29 is 9.53 Å². The molecule has 6 heteroatoms. The zero-order valence-electron chi connectivity index (χ0n) is 11.3. The van der Waals surface area contributed by atoms with Crippen LogP contribution in [-0.4, -0.2) is 12.5 Å². The molecule has 0 atom stereocenters. The molecule has 0 bridgehead atoms. The number of ether oxygens (including phenoxy) is 1. The lowest BCUT2D eigenvalue weighted by Crippen LogP contribution is -2.20. The summed E-state index contributed by atoms with van der Waals surface area (Å²) in [5.41, 5.74) is 7.84. The van der Waals surface area contributed by atoms with Crippen molar-refractivity contribution in [2.24, 2.45) is 0 Å². The lowest BCUT2D eigenvalue weighted by atomic mass is 10.2. The van der Waals surface area contributed by atoms with Crippen LogP contribution in [0.1, 0.15) is 5.56 Å². The third-order valence-corrected chi connectivity index (χ3v) is 3.61. The molecule has 0 aliphatic carbocycles. The third kappa shape index (κ3) is 4.03. The molecule has 3 N–H and O–H groups in total. The number of nitrogens with one attached hydrogen (secondary N) is 1. The van der Waals surface area contributed by atoms with Gasteiger partial charge in [-0.25, -0.2) is 0 Å². The minimum Gasteiger partial charge on any atom is -0.482 e. The van der Waals surface area contributed by atoms with Crippen molar-refractivity contribution in [1.29, 1.82) is 0 Å². The van der Waals surface area contributed by atoms with E-state index in [2.05, 4.69) is 5.32 Å². The molecular formula is C15H14Cl2N2O2. The van der Waals surface area contributed by atoms with Gasteiger partial charge in [-0.15, -0.1) is 0 Å². The van der Waals surface area contributed by atoms with Crippen LogP contribution in [0.3, 0.4) is 0 Å². The van der Waals surface area contributed by atoms with E-state index in [0.29, 0.717) is 22.1 Å². The molecule has 2 rings (SSSR count). The van der Waals surface area contributed by atoms with E-state index < -0.39 is 0 Å². The molecule has 0 aliphatic heterocycles. The molecule has 0 aliphatic rings. The van der Waals surface area contributed by atoms with Crippen molar-refractivity contribution in [3.8, 4) is 5.75 Å². The lowest BCUT2D eigenvalue weighted by molar-refractivity contribution is -0.118. The molecule has 0 aromatic heterocycles. The molecule has 21 heavy (non-hydrogen) atoms. The third-order valence-electron chi connectivity index (χ3n) is 2.81. The molecule has 0 radical (unpaired) electrons. The first-order valence-corrected chi connectivity index (χ1v) is 6.96. The monoisotopic (exact) mass is 324 g/mol. The Labute approximate surface area is 132 Å². The molecule has 1 amide bonds. The van der Waals surface area contributed by atoms with Crippen LogP contribution < -0.4 is 15.8 Å². The standard InChI is InChI=1S/C15H14Cl2N2O2/c1-9-5-6-10(18)7-12(9)19-14(20)8-21-13-4-2-3-11(16)15(13)17/h2-7H,8,18H2,1H3,(H,19,20). The van der Waals surface area contributed by atoms with Crippen molar-refractivity contribution in [2.75, 3.05) is 17.7 Å². The molecule has 0 saturated carbocycles. The summed E-state index contributed by atoms with van der Waals surface area (Å²) in [7, 11) is 0. The van der Waals surface area contributed by atoms with Crippen LogP contribution in [0.2, 0.25) is 10.0 Å². The van der Waals surface area contributed by atoms with Crippen molar-refractivity contribution in [3.05, 3.63) is 52.0 Å². The highest BCUT2D eigenvalue weighted by Gasteiger charge is 2.09. The van der Waals surface area contributed by atoms with Gasteiger partial charge in [0.25, 0.3) is 5.91 Å². The van der Waals surface area contributed by atoms with E-state index in [-0.39, 0.29) is 17.5 Å². The molecule has 0 fully saturated rings. The van der Waals surface area contributed by atoms with E-state index in [1.165, 1.54) is 0 Å². The first-order valence-electron chi connectivity index (χ1n) is 6.20. The molecule has 0 heterocycles. The molecule has 4 nitrogen and oxygen atoms in total. The summed E-state index contributed by atoms with van der Waals surface area (Å²) < 4.78 is 5.36. The Morgan fingerprint density at radius 2 is 2.05 bits per heavy atom. The van der Waals surface area contributed by atoms with Gasteiger partial charge in [-0.05, 0) is 36.8 Å². The normalized spacial score (nSPS) is 10.2. The van der Waals surface area contributed by atoms with Gasteiger partial charge < -0.3 is 15.8 Å². The first-order chi connectivity index (χ1) is 9.97. The number of hydrogen-bond acceptors (Lipinski definition) is 3. The summed E-state index contributed by atoms with van der Waals surface area (Å²) in [6.45, 7) is 1.71. The fraction of sp³-hybridized carbons (Fsp3) is 0.133. The van der Waals surface area contributed by atoms with E-state index >= 15 is 0 Å². The van der Waals surface area contributed by atoms with Gasteiger partial charge in [0.1, 0.15) is 10.8 Å². The van der Waals surface area contributed by atoms with Gasteiger partial charge in [-0.1, -0.05) is 35.3 Å². The van der Waals surface area contributed by atoms with E-state index in [1.807, 2.05) is 13.0 Å². The Bertz CT molecular complexity index is 675. The Morgan fingerprint density at radius 1 is 1.29 bits per heavy atom. The summed E-state index contributed by atoms with van der Waals surface area (Å²) >= 11 is 11.8. The van der Waals surface area contributed by atoms with Gasteiger partial charge in [-0.2, -0.15) is 0 Å². The smallest absolute Gasteiger partial charge is 0.262 e. The van der Waals surface area contributed by atoms with Crippen LogP contribution >= 0.6 is 23.2 Å². The highest BCUT2D eigenvalue weighted by Crippen LogP contribution is 2.31. The number of carbonyl (C=O) groups excluding carboxylic acids is 1. The average Bonchev–Trinajstić information content (AvgIpc) is 2.44. The molecule has 2 aromatic carbocycles. The number of nitrogen functional groups attached to an aromatic ring is 1. The second-order valence-corrected chi connectivity index (χ2v) is 5.25. The fourth-order valence-electron chi connectivity index (χ4n) is 1.70. The van der Waals surface area contributed by atoms with Crippen molar-refractivity contribution >= 4 is 40.5 Å². The van der Waals surface area contributed by atoms with Crippen LogP contribution in [0, 0.1) is 6.92 Å². The Balaban J connectivity index is 1.99. The lowest BCUT2D eigenvalue weighted by Gasteiger charge is -2.11. The summed E-state index contributed by atoms with van der Waals surface area (Å²) in [5, 5.41) is 3.40. The maximum Gasteiger partial charge on any atom is 0.262 e. The number of carbonyl (C=O) groups is 1. The second kappa shape index (κ2) is 6.70. The van der Waals surface area contributed by atoms with Crippen molar-refractivity contribution in [1.82, 2.24) is 0 Å². The van der Waals surface area contributed by atoms with E-state index in [9.17, 15) is 4.79 Å². The largest absolute Gasteiger partial charge is 0.482 e. The van der Waals surface area contributed by atoms with Crippen molar-refractivity contribution in [3.63, 3.8) is 0 Å². The summed E-state index contributed by atoms with van der Waals surface area (Å²) in [4.78, 5) is 11.9. The first kappa shape index (κ1) is 15.5. The minimum absolute atomic E-state index is 0.172. The Hall–Kier alpha value is -1.91. The van der Waals surface area contributed by atoms with Gasteiger partial charge in [0.15, 0.2) is 6.61 Å². The molecule has 110 valence electrons. The predicted molar refractivity (Wildman–Crippen MR) is 86.2 cm³/mol. The van der Waals surface area contributed by atoms with Crippen LogP contribution in [-0.2, 0) is 4.79 Å². The summed E-state index contributed by atoms with van der Waals surface area (Å²) in [6.07, 6.45) is 0. The fourth-order valence-corrected chi connectivity index (χ4v) is 2.05. The number of amides is 1. The van der Waals surface area contributed by atoms with Crippen molar-refractivity contribution in [2.45, 2.75) is 6.92 Å². The summed E-state index contributed by atoms with van der Waals surface area (Å²) in [5.74, 6) is 0.0587. The summed E-state index contributed by atoms with van der Waals surface area (Å²) in [6, 6.07) is 10.3. The predicted octanol–water partition coefficient (Wildman–Crippen LogP) is 3.90. The Kier molecular flexibility index (Phi) is 4.94. The molecule has 0 saturated heterocycles. The van der Waals surface area contributed by atoms with Gasteiger partial charge in [0.2, 0.25) is 0 Å². The van der Waals surface area contributed by atoms with Crippen LogP contribution in [0.5, 0.6) is 5.75 Å². The van der Waals surface area contributed by atoms with Gasteiger partial charge in [-0.3, -0.25) is 4.79 Å². The number of hydrogen-bond donors (Lipinski definition) is 2. The van der Waals surface area contributed by atoms with Crippen LogP contribution in [0.25, 0.3) is 0 Å². The highest BCUT2D eigenvalue weighted by molar-refractivity contribution is 6.42. The molecule has 0 unspecified atom stereocenters. The number of anilines is 2. The maximum absolute atomic E-state index is 11.9. The van der Waals surface area contributed by atoms with Crippen LogP contribution in [0.15, 0.2) is 36.4 Å². The maximum atomic E-state index is 11.9. The van der Waals surface area contributed by atoms with Gasteiger partial charge in [0.05, 0.1) is 5.02 Å². The zero-order chi connectivity index (χ0) is 15.4. The molecule has 0 spiro atoms. The number of aryl methyl sites for hydroxylation is 1. The van der Waals surface area contributed by atoms with Gasteiger partial charge >= 0.3 is 0 Å². The number of halogens is 2. The van der Waals surface area contributed by atoms with E-state index in [4.69, 9.17) is 33.7 Å². The SMILES string of the molecule is Cc1ccc(N)cc1NC(=O)COc1cccc(Cl)c1Cl. The number of benzene rings is 2. The van der Waals surface area contributed by atoms with E-state index in [1.54, 1.807) is 30.3 Å². The highest BCUT2D eigenvalue weighted by atomic mass is 35.5. The van der Waals surface area contributed by atoms with Crippen LogP contribution in [0.4, 0.5) is 11.4 Å². The quantitative estimate of drug-likeness (QED) is 0.838. The zero-order valence-corrected chi connectivity index (χ0v) is 12.8. The molecule has 2 aromatic rings. The Morgan fingerprint density at radius 3 is 2.81 bits per heavy atom.